The van der Waals surface area contributed by atoms with Crippen LogP contribution in [0.5, 0.6) is 0 Å². The van der Waals surface area contributed by atoms with Gasteiger partial charge in [-0.2, -0.15) is 0 Å². The van der Waals surface area contributed by atoms with Crippen molar-refractivity contribution in [3.63, 3.8) is 0 Å². The lowest BCUT2D eigenvalue weighted by Crippen LogP contribution is -2.51. The molecule has 1 spiro atoms. The van der Waals surface area contributed by atoms with Gasteiger partial charge in [-0.1, -0.05) is 48.0 Å². The maximum Gasteiger partial charge on any atom is 0.229 e. The predicted octanol–water partition coefficient (Wildman–Crippen LogP) is 5.05. The van der Waals surface area contributed by atoms with Gasteiger partial charge >= 0.3 is 0 Å². The highest BCUT2D eigenvalue weighted by atomic mass is 35.5. The molecule has 2 unspecified atom stereocenters. The van der Waals surface area contributed by atoms with Gasteiger partial charge in [-0.05, 0) is 79.2 Å². The monoisotopic (exact) mass is 462 g/mol. The lowest BCUT2D eigenvalue weighted by atomic mass is 9.72. The van der Waals surface area contributed by atoms with Crippen molar-refractivity contribution in [1.29, 1.82) is 0 Å². The van der Waals surface area contributed by atoms with Crippen molar-refractivity contribution < 1.29 is 9.59 Å². The summed E-state index contributed by atoms with van der Waals surface area (Å²) in [5, 5.41) is 0.731. The van der Waals surface area contributed by atoms with Crippen LogP contribution in [0.4, 0.5) is 0 Å². The summed E-state index contributed by atoms with van der Waals surface area (Å²) in [6, 6.07) is 16.5. The fourth-order valence-electron chi connectivity index (χ4n) is 6.02. The number of hydrogen-bond donors (Lipinski definition) is 0. The van der Waals surface area contributed by atoms with Crippen molar-refractivity contribution in [2.45, 2.75) is 51.0 Å². The topological polar surface area (TPSA) is 40.6 Å². The fraction of sp³-hybridized carbons (Fsp3) is 0.500. The average Bonchev–Trinajstić information content (AvgIpc) is 3.75. The minimum atomic E-state index is -0.364. The highest BCUT2D eigenvalue weighted by Crippen LogP contribution is 2.50. The van der Waals surface area contributed by atoms with E-state index in [1.54, 1.807) is 0 Å². The molecule has 0 N–H and O–H groups in total. The van der Waals surface area contributed by atoms with E-state index < -0.39 is 0 Å². The summed E-state index contributed by atoms with van der Waals surface area (Å²) in [7, 11) is 0. The van der Waals surface area contributed by atoms with Crippen LogP contribution in [0.25, 0.3) is 0 Å². The minimum Gasteiger partial charge on any atom is -0.342 e. The van der Waals surface area contributed by atoms with Crippen LogP contribution in [0, 0.1) is 17.3 Å². The second-order valence-corrected chi connectivity index (χ2v) is 11.1. The molecule has 0 radical (unpaired) electrons. The van der Waals surface area contributed by atoms with E-state index in [2.05, 4.69) is 29.2 Å². The number of hydrogen-bond acceptors (Lipinski definition) is 2. The molecule has 2 aromatic carbocycles. The maximum atomic E-state index is 13.9. The molecule has 2 atom stereocenters. The molecular weight excluding hydrogens is 432 g/mol. The van der Waals surface area contributed by atoms with Crippen molar-refractivity contribution in [3.8, 4) is 0 Å². The van der Waals surface area contributed by atoms with E-state index in [9.17, 15) is 9.59 Å². The molecular formula is C28H31ClN2O2. The number of likely N-dealkylation sites (tertiary alicyclic amines) is 1. The normalized spacial score (nSPS) is 26.2. The molecule has 2 aliphatic heterocycles. The van der Waals surface area contributed by atoms with Crippen LogP contribution in [0.1, 0.15) is 54.7 Å². The van der Waals surface area contributed by atoms with Crippen molar-refractivity contribution in [3.05, 3.63) is 70.2 Å². The molecule has 2 amide bonds. The van der Waals surface area contributed by atoms with Gasteiger partial charge in [0.15, 0.2) is 0 Å². The van der Waals surface area contributed by atoms with Gasteiger partial charge in [0.05, 0.1) is 5.41 Å². The molecule has 3 fully saturated rings. The van der Waals surface area contributed by atoms with E-state index in [0.29, 0.717) is 30.8 Å². The first-order valence-corrected chi connectivity index (χ1v) is 12.8. The number of benzene rings is 2. The van der Waals surface area contributed by atoms with Crippen LogP contribution < -0.4 is 0 Å². The Morgan fingerprint density at radius 3 is 2.39 bits per heavy atom. The lowest BCUT2D eigenvalue weighted by molar-refractivity contribution is -0.149. The van der Waals surface area contributed by atoms with Crippen LogP contribution in [-0.2, 0) is 22.6 Å². The van der Waals surface area contributed by atoms with E-state index in [1.165, 1.54) is 29.5 Å². The Hall–Kier alpha value is -2.33. The van der Waals surface area contributed by atoms with Gasteiger partial charge in [-0.3, -0.25) is 9.59 Å². The first-order chi connectivity index (χ1) is 16.0. The van der Waals surface area contributed by atoms with Gasteiger partial charge in [0.2, 0.25) is 11.8 Å². The molecule has 0 aromatic heterocycles. The van der Waals surface area contributed by atoms with E-state index in [-0.39, 0.29) is 17.2 Å². The molecule has 2 aliphatic carbocycles. The lowest BCUT2D eigenvalue weighted by Gasteiger charge is -2.42. The SMILES string of the molecule is O=C(C1CC1c1ccc(Cl)cc1)N1CCC2(CC1)Cc1ccccc1CN(CC1CC1)C2=O. The molecule has 172 valence electrons. The zero-order valence-corrected chi connectivity index (χ0v) is 19.8. The van der Waals surface area contributed by atoms with Crippen LogP contribution in [-0.4, -0.2) is 41.2 Å². The van der Waals surface area contributed by atoms with Gasteiger partial charge in [-0.15, -0.1) is 0 Å². The molecule has 2 heterocycles. The maximum absolute atomic E-state index is 13.9. The molecule has 2 saturated carbocycles. The summed E-state index contributed by atoms with van der Waals surface area (Å²) in [6.07, 6.45) is 5.76. The summed E-state index contributed by atoms with van der Waals surface area (Å²) in [5.74, 6) is 1.66. The summed E-state index contributed by atoms with van der Waals surface area (Å²) in [6.45, 7) is 3.00. The number of fused-ring (bicyclic) bond motifs is 1. The van der Waals surface area contributed by atoms with Gasteiger partial charge in [0, 0.05) is 37.1 Å². The van der Waals surface area contributed by atoms with Gasteiger partial charge in [-0.25, -0.2) is 0 Å². The van der Waals surface area contributed by atoms with Gasteiger partial charge in [0.1, 0.15) is 0 Å². The second-order valence-electron chi connectivity index (χ2n) is 10.7. The third kappa shape index (κ3) is 4.07. The first-order valence-electron chi connectivity index (χ1n) is 12.4. The van der Waals surface area contributed by atoms with E-state index in [4.69, 9.17) is 11.6 Å². The molecule has 33 heavy (non-hydrogen) atoms. The number of piperidine rings is 1. The molecule has 4 aliphatic rings. The highest BCUT2D eigenvalue weighted by Gasteiger charge is 2.50. The molecule has 4 nitrogen and oxygen atoms in total. The fourth-order valence-corrected chi connectivity index (χ4v) is 6.15. The number of rotatable bonds is 4. The van der Waals surface area contributed by atoms with Crippen LogP contribution >= 0.6 is 11.6 Å². The largest absolute Gasteiger partial charge is 0.342 e. The Morgan fingerprint density at radius 2 is 1.70 bits per heavy atom. The molecule has 1 saturated heterocycles. The standard InChI is InChI=1S/C28H31ClN2O2/c29-23-9-7-20(8-10-23)24-15-25(24)26(32)30-13-11-28(12-14-30)16-21-3-1-2-4-22(21)18-31(27(28)33)17-19-5-6-19/h1-4,7-10,19,24-25H,5-6,11-18H2. The summed E-state index contributed by atoms with van der Waals surface area (Å²) in [5.41, 5.74) is 3.45. The Bertz CT molecular complexity index is 1070. The molecule has 2 aromatic rings. The summed E-state index contributed by atoms with van der Waals surface area (Å²) < 4.78 is 0. The van der Waals surface area contributed by atoms with E-state index in [1.807, 2.05) is 29.2 Å². The summed E-state index contributed by atoms with van der Waals surface area (Å²) in [4.78, 5) is 31.3. The third-order valence-electron chi connectivity index (χ3n) is 8.36. The smallest absolute Gasteiger partial charge is 0.229 e. The Kier molecular flexibility index (Phi) is 5.25. The zero-order valence-electron chi connectivity index (χ0n) is 19.0. The highest BCUT2D eigenvalue weighted by molar-refractivity contribution is 6.30. The first kappa shape index (κ1) is 21.2. The number of nitrogens with zero attached hydrogens (tertiary/aromatic N) is 2. The molecule has 5 heteroatoms. The van der Waals surface area contributed by atoms with Crippen LogP contribution in [0.15, 0.2) is 48.5 Å². The number of amides is 2. The minimum absolute atomic E-state index is 0.0807. The Morgan fingerprint density at radius 1 is 1.00 bits per heavy atom. The Labute approximate surface area is 200 Å². The molecule has 0 bridgehead atoms. The predicted molar refractivity (Wildman–Crippen MR) is 129 cm³/mol. The number of carbonyl (C=O) groups is 2. The number of carbonyl (C=O) groups excluding carboxylic acids is 2. The molecule has 6 rings (SSSR count). The quantitative estimate of drug-likeness (QED) is 0.638. The van der Waals surface area contributed by atoms with Gasteiger partial charge in [0.25, 0.3) is 0 Å². The van der Waals surface area contributed by atoms with Crippen molar-refractivity contribution in [1.82, 2.24) is 9.80 Å². The van der Waals surface area contributed by atoms with E-state index in [0.717, 1.165) is 43.8 Å². The van der Waals surface area contributed by atoms with Crippen molar-refractivity contribution in [2.24, 2.45) is 17.3 Å². The third-order valence-corrected chi connectivity index (χ3v) is 8.61. The second kappa shape index (κ2) is 8.16. The average molecular weight is 463 g/mol. The zero-order chi connectivity index (χ0) is 22.6. The van der Waals surface area contributed by atoms with Crippen molar-refractivity contribution >= 4 is 23.4 Å². The van der Waals surface area contributed by atoms with Crippen LogP contribution in [0.2, 0.25) is 5.02 Å². The summed E-state index contributed by atoms with van der Waals surface area (Å²) >= 11 is 6.02. The number of halogens is 1. The Balaban J connectivity index is 1.16. The van der Waals surface area contributed by atoms with Crippen molar-refractivity contribution in [2.75, 3.05) is 19.6 Å². The van der Waals surface area contributed by atoms with E-state index >= 15 is 0 Å². The van der Waals surface area contributed by atoms with Gasteiger partial charge < -0.3 is 9.80 Å². The van der Waals surface area contributed by atoms with Crippen LogP contribution in [0.3, 0.4) is 0 Å².